The normalized spacial score (nSPS) is 19.2. The Hall–Kier alpha value is -2.50. The lowest BCUT2D eigenvalue weighted by molar-refractivity contribution is 0.0793. The summed E-state index contributed by atoms with van der Waals surface area (Å²) in [5.41, 5.74) is 2.90. The Morgan fingerprint density at radius 2 is 2.04 bits per heavy atom. The van der Waals surface area contributed by atoms with E-state index >= 15 is 0 Å². The first kappa shape index (κ1) is 17.6. The Morgan fingerprint density at radius 1 is 1.21 bits per heavy atom. The van der Waals surface area contributed by atoms with Crippen LogP contribution in [0.5, 0.6) is 0 Å². The molecule has 1 fully saturated rings. The van der Waals surface area contributed by atoms with Crippen molar-refractivity contribution in [1.29, 1.82) is 0 Å². The average Bonchev–Trinajstić information content (AvgIpc) is 3.37. The fourth-order valence-electron chi connectivity index (χ4n) is 4.29. The molecule has 0 saturated carbocycles. The fraction of sp³-hybridized carbons (Fsp3) is 0.304. The number of benzene rings is 2. The van der Waals surface area contributed by atoms with E-state index in [0.29, 0.717) is 5.92 Å². The van der Waals surface area contributed by atoms with Gasteiger partial charge in [-0.15, -0.1) is 11.3 Å². The molecule has 2 aromatic heterocycles. The summed E-state index contributed by atoms with van der Waals surface area (Å²) in [5, 5.41) is 2.22. The lowest BCUT2D eigenvalue weighted by atomic mass is 9.95. The number of nitrogens with zero attached hydrogens (tertiary/aromatic N) is 2. The minimum Gasteiger partial charge on any atom is -0.360 e. The van der Waals surface area contributed by atoms with E-state index in [0.717, 1.165) is 47.9 Å². The molecule has 142 valence electrons. The Balaban J connectivity index is 1.37. The third kappa shape index (κ3) is 3.05. The topological polar surface area (TPSA) is 49.0 Å². The van der Waals surface area contributed by atoms with Gasteiger partial charge in [-0.2, -0.15) is 0 Å². The highest BCUT2D eigenvalue weighted by atomic mass is 32.1. The van der Waals surface area contributed by atoms with Gasteiger partial charge < -0.3 is 4.98 Å². The van der Waals surface area contributed by atoms with Gasteiger partial charge in [0.25, 0.3) is 0 Å². The van der Waals surface area contributed by atoms with Crippen LogP contribution in [-0.2, 0) is 0 Å². The summed E-state index contributed by atoms with van der Waals surface area (Å²) < 4.78 is 1.25. The summed E-state index contributed by atoms with van der Waals surface area (Å²) in [7, 11) is 0. The van der Waals surface area contributed by atoms with Crippen molar-refractivity contribution in [3.05, 3.63) is 65.3 Å². The van der Waals surface area contributed by atoms with E-state index in [1.165, 1.54) is 9.71 Å². The van der Waals surface area contributed by atoms with Gasteiger partial charge in [-0.1, -0.05) is 30.3 Å². The number of para-hydroxylation sites is 2. The van der Waals surface area contributed by atoms with Crippen LogP contribution in [-0.4, -0.2) is 39.8 Å². The summed E-state index contributed by atoms with van der Waals surface area (Å²) in [5.74, 6) is 0.603. The maximum Gasteiger partial charge on any atom is 0.181 e. The van der Waals surface area contributed by atoms with Gasteiger partial charge in [0.2, 0.25) is 0 Å². The summed E-state index contributed by atoms with van der Waals surface area (Å²) >= 11 is 1.80. The molecule has 5 heteroatoms. The zero-order chi connectivity index (χ0) is 19.1. The minimum absolute atomic E-state index is 0.128. The molecule has 4 nitrogen and oxygen atoms in total. The summed E-state index contributed by atoms with van der Waals surface area (Å²) in [4.78, 5) is 23.7. The number of Topliss-reactive ketones (excluding diaryl/α,β-unsaturated/α-hetero) is 1. The smallest absolute Gasteiger partial charge is 0.181 e. The number of aromatic nitrogens is 2. The third-order valence-electron chi connectivity index (χ3n) is 5.89. The van der Waals surface area contributed by atoms with E-state index in [2.05, 4.69) is 28.1 Å². The molecule has 0 radical (unpaired) electrons. The van der Waals surface area contributed by atoms with Crippen LogP contribution in [0, 0.1) is 0 Å². The zero-order valence-corrected chi connectivity index (χ0v) is 16.7. The molecule has 3 heterocycles. The van der Waals surface area contributed by atoms with Crippen molar-refractivity contribution >= 4 is 38.2 Å². The lowest BCUT2D eigenvalue weighted by Crippen LogP contribution is -2.44. The molecule has 1 saturated heterocycles. The number of hydrogen-bond donors (Lipinski definition) is 1. The van der Waals surface area contributed by atoms with Crippen molar-refractivity contribution in [3.8, 4) is 0 Å². The Bertz CT molecular complexity index is 1110. The number of nitrogens with one attached hydrogen (secondary N) is 1. The second kappa shape index (κ2) is 7.15. The van der Waals surface area contributed by atoms with Gasteiger partial charge in [0.1, 0.15) is 0 Å². The average molecular weight is 390 g/mol. The summed E-state index contributed by atoms with van der Waals surface area (Å²) in [6, 6.07) is 16.2. The molecule has 1 aliphatic rings. The van der Waals surface area contributed by atoms with E-state index in [4.69, 9.17) is 4.98 Å². The molecular formula is C23H23N3OS. The van der Waals surface area contributed by atoms with Crippen molar-refractivity contribution in [1.82, 2.24) is 14.9 Å². The van der Waals surface area contributed by atoms with Crippen LogP contribution in [0.2, 0.25) is 0 Å². The van der Waals surface area contributed by atoms with E-state index in [-0.39, 0.29) is 11.8 Å². The predicted octanol–water partition coefficient (Wildman–Crippen LogP) is 5.23. The lowest BCUT2D eigenvalue weighted by Gasteiger charge is -2.35. The van der Waals surface area contributed by atoms with Gasteiger partial charge in [-0.25, -0.2) is 4.98 Å². The van der Waals surface area contributed by atoms with Crippen LogP contribution in [0.15, 0.2) is 54.7 Å². The molecule has 2 unspecified atom stereocenters. The number of carbonyl (C=O) groups excluding carboxylic acids is 1. The van der Waals surface area contributed by atoms with E-state index in [1.807, 2.05) is 43.5 Å². The van der Waals surface area contributed by atoms with Crippen LogP contribution in [0.1, 0.15) is 41.0 Å². The Morgan fingerprint density at radius 3 is 2.93 bits per heavy atom. The Kier molecular flexibility index (Phi) is 4.49. The standard InChI is InChI=1S/C23H23N3OS/c1-15(22(27)18-13-24-19-9-3-2-8-17(18)19)26-12-6-7-16(14-26)23-25-20-10-4-5-11-21(20)28-23/h2-5,8-11,13,15-16,24H,6-7,12,14H2,1H3. The van der Waals surface area contributed by atoms with Crippen LogP contribution in [0.25, 0.3) is 21.1 Å². The molecule has 2 atom stereocenters. The molecule has 1 aliphatic heterocycles. The van der Waals surface area contributed by atoms with E-state index in [1.54, 1.807) is 11.3 Å². The van der Waals surface area contributed by atoms with E-state index < -0.39 is 0 Å². The first-order valence-corrected chi connectivity index (χ1v) is 10.7. The number of likely N-dealkylation sites (tertiary alicyclic amines) is 1. The number of ketones is 1. The van der Waals surface area contributed by atoms with Crippen molar-refractivity contribution < 1.29 is 4.79 Å². The second-order valence-electron chi connectivity index (χ2n) is 7.64. The van der Waals surface area contributed by atoms with Gasteiger partial charge in [0.05, 0.1) is 21.3 Å². The van der Waals surface area contributed by atoms with Crippen LogP contribution >= 0.6 is 11.3 Å². The first-order valence-electron chi connectivity index (χ1n) is 9.90. The SMILES string of the molecule is CC(C(=O)c1c[nH]c2ccccc12)N1CCCC(c2nc3ccccc3s2)C1. The van der Waals surface area contributed by atoms with Crippen LogP contribution < -0.4 is 0 Å². The minimum atomic E-state index is -0.128. The predicted molar refractivity (Wildman–Crippen MR) is 115 cm³/mol. The zero-order valence-electron chi connectivity index (χ0n) is 15.9. The molecule has 28 heavy (non-hydrogen) atoms. The van der Waals surface area contributed by atoms with Gasteiger partial charge >= 0.3 is 0 Å². The summed E-state index contributed by atoms with van der Waals surface area (Å²) in [6.45, 7) is 3.91. The van der Waals surface area contributed by atoms with Gasteiger partial charge in [-0.05, 0) is 44.5 Å². The van der Waals surface area contributed by atoms with Crippen LogP contribution in [0.4, 0.5) is 0 Å². The summed E-state index contributed by atoms with van der Waals surface area (Å²) in [6.07, 6.45) is 4.11. The fourth-order valence-corrected chi connectivity index (χ4v) is 5.38. The number of thiazole rings is 1. The number of hydrogen-bond acceptors (Lipinski definition) is 4. The van der Waals surface area contributed by atoms with Gasteiger partial charge in [-0.3, -0.25) is 9.69 Å². The Labute approximate surface area is 168 Å². The molecule has 0 aliphatic carbocycles. The highest BCUT2D eigenvalue weighted by molar-refractivity contribution is 7.18. The third-order valence-corrected chi connectivity index (χ3v) is 7.09. The maximum absolute atomic E-state index is 13.2. The number of aromatic amines is 1. The molecule has 1 N–H and O–H groups in total. The molecule has 0 amide bonds. The van der Waals surface area contributed by atoms with Gasteiger partial charge in [0, 0.05) is 35.1 Å². The highest BCUT2D eigenvalue weighted by Crippen LogP contribution is 2.34. The van der Waals surface area contributed by atoms with E-state index in [9.17, 15) is 4.79 Å². The van der Waals surface area contributed by atoms with Crippen molar-refractivity contribution in [3.63, 3.8) is 0 Å². The molecule has 0 bridgehead atoms. The van der Waals surface area contributed by atoms with Crippen molar-refractivity contribution in [2.24, 2.45) is 0 Å². The highest BCUT2D eigenvalue weighted by Gasteiger charge is 2.30. The van der Waals surface area contributed by atoms with Crippen molar-refractivity contribution in [2.75, 3.05) is 13.1 Å². The maximum atomic E-state index is 13.2. The quantitative estimate of drug-likeness (QED) is 0.486. The number of H-pyrrole nitrogens is 1. The number of rotatable bonds is 4. The number of fused-ring (bicyclic) bond motifs is 2. The monoisotopic (exact) mass is 389 g/mol. The molecule has 0 spiro atoms. The second-order valence-corrected chi connectivity index (χ2v) is 8.70. The van der Waals surface area contributed by atoms with Crippen LogP contribution in [0.3, 0.4) is 0 Å². The number of piperidine rings is 1. The molecular weight excluding hydrogens is 366 g/mol. The molecule has 2 aromatic carbocycles. The van der Waals surface area contributed by atoms with Gasteiger partial charge in [0.15, 0.2) is 5.78 Å². The largest absolute Gasteiger partial charge is 0.360 e. The first-order chi connectivity index (χ1) is 13.7. The molecule has 4 aromatic rings. The molecule has 5 rings (SSSR count). The van der Waals surface area contributed by atoms with Crippen molar-refractivity contribution in [2.45, 2.75) is 31.7 Å². The number of carbonyl (C=O) groups is 1.